The summed E-state index contributed by atoms with van der Waals surface area (Å²) in [5.74, 6) is 2.15. The molecule has 21 heavy (non-hydrogen) atoms. The van der Waals surface area contributed by atoms with E-state index in [4.69, 9.17) is 4.52 Å². The largest absolute Gasteiger partial charge is 0.339 e. The molecule has 0 bridgehead atoms. The summed E-state index contributed by atoms with van der Waals surface area (Å²) in [6.45, 7) is 4.75. The molecule has 4 heteroatoms. The first-order valence-electron chi connectivity index (χ1n) is 7.61. The Bertz CT molecular complexity index is 587. The molecule has 0 N–H and O–H groups in total. The minimum Gasteiger partial charge on any atom is -0.339 e. The van der Waals surface area contributed by atoms with Gasteiger partial charge < -0.3 is 4.52 Å². The molecule has 0 saturated heterocycles. The van der Waals surface area contributed by atoms with Crippen LogP contribution in [0.15, 0.2) is 40.9 Å². The van der Waals surface area contributed by atoms with Gasteiger partial charge in [-0.1, -0.05) is 54.6 Å². The number of hydrogen-bond donors (Lipinski definition) is 0. The van der Waals surface area contributed by atoms with E-state index in [0.717, 1.165) is 31.3 Å². The molecule has 0 spiro atoms. The predicted molar refractivity (Wildman–Crippen MR) is 82.7 cm³/mol. The Morgan fingerprint density at radius 2 is 2.10 bits per heavy atom. The van der Waals surface area contributed by atoms with Crippen LogP contribution in [0.3, 0.4) is 0 Å². The number of likely N-dealkylation sites (N-methyl/N-ethyl adjacent to an activating group) is 1. The van der Waals surface area contributed by atoms with E-state index >= 15 is 0 Å². The molecule has 4 nitrogen and oxygen atoms in total. The Morgan fingerprint density at radius 3 is 2.81 bits per heavy atom. The van der Waals surface area contributed by atoms with Gasteiger partial charge in [0.2, 0.25) is 5.89 Å². The van der Waals surface area contributed by atoms with Crippen molar-refractivity contribution in [2.75, 3.05) is 13.1 Å². The van der Waals surface area contributed by atoms with Crippen LogP contribution in [-0.2, 0) is 6.54 Å². The second-order valence-electron chi connectivity index (χ2n) is 5.46. The van der Waals surface area contributed by atoms with Crippen LogP contribution in [0.5, 0.6) is 0 Å². The molecule has 2 aromatic rings. The minimum absolute atomic E-state index is 0.527. The number of aromatic nitrogens is 2. The summed E-state index contributed by atoms with van der Waals surface area (Å²) < 4.78 is 5.30. The molecule has 0 amide bonds. The fourth-order valence-electron chi connectivity index (χ4n) is 2.24. The van der Waals surface area contributed by atoms with E-state index in [1.165, 1.54) is 18.4 Å². The summed E-state index contributed by atoms with van der Waals surface area (Å²) in [5.41, 5.74) is 1.23. The molecular formula is C17H21N3O. The van der Waals surface area contributed by atoms with Crippen LogP contribution in [-0.4, -0.2) is 28.1 Å². The molecule has 0 aliphatic heterocycles. The molecule has 1 aromatic carbocycles. The van der Waals surface area contributed by atoms with Crippen molar-refractivity contribution in [3.8, 4) is 0 Å². The van der Waals surface area contributed by atoms with Crippen LogP contribution in [0.1, 0.15) is 43.0 Å². The van der Waals surface area contributed by atoms with Gasteiger partial charge in [0.25, 0.3) is 0 Å². The van der Waals surface area contributed by atoms with Gasteiger partial charge in [0.1, 0.15) is 0 Å². The van der Waals surface area contributed by atoms with Crippen molar-refractivity contribution in [2.45, 2.75) is 32.2 Å². The lowest BCUT2D eigenvalue weighted by Gasteiger charge is -2.15. The van der Waals surface area contributed by atoms with Gasteiger partial charge in [0, 0.05) is 12.5 Å². The first-order chi connectivity index (χ1) is 10.3. The van der Waals surface area contributed by atoms with E-state index in [-0.39, 0.29) is 0 Å². The summed E-state index contributed by atoms with van der Waals surface area (Å²) in [4.78, 5) is 6.78. The Labute approximate surface area is 125 Å². The van der Waals surface area contributed by atoms with Crippen LogP contribution in [0.4, 0.5) is 0 Å². The van der Waals surface area contributed by atoms with Gasteiger partial charge in [-0.05, 0) is 24.9 Å². The zero-order chi connectivity index (χ0) is 14.5. The van der Waals surface area contributed by atoms with Gasteiger partial charge in [-0.2, -0.15) is 4.98 Å². The second-order valence-corrected chi connectivity index (χ2v) is 5.46. The van der Waals surface area contributed by atoms with Crippen molar-refractivity contribution in [3.05, 3.63) is 53.7 Å². The average molecular weight is 283 g/mol. The normalized spacial score (nSPS) is 15.1. The third-order valence-electron chi connectivity index (χ3n) is 3.70. The standard InChI is InChI=1S/C17H21N3O/c1-2-20(12-6-9-14-7-4-3-5-8-14)13-16-18-17(21-19-16)15-10-11-15/h3-9,15H,2,10-13H2,1H3. The monoisotopic (exact) mass is 283 g/mol. The summed E-state index contributed by atoms with van der Waals surface area (Å²) >= 11 is 0. The predicted octanol–water partition coefficient (Wildman–Crippen LogP) is 3.48. The maximum absolute atomic E-state index is 5.30. The van der Waals surface area contributed by atoms with Gasteiger partial charge in [0.05, 0.1) is 6.54 Å². The highest BCUT2D eigenvalue weighted by molar-refractivity contribution is 5.48. The Balaban J connectivity index is 1.53. The lowest BCUT2D eigenvalue weighted by Crippen LogP contribution is -2.23. The summed E-state index contributed by atoms with van der Waals surface area (Å²) in [7, 11) is 0. The molecule has 1 aliphatic rings. The van der Waals surface area contributed by atoms with Crippen LogP contribution in [0.2, 0.25) is 0 Å². The molecular weight excluding hydrogens is 262 g/mol. The lowest BCUT2D eigenvalue weighted by atomic mass is 10.2. The SMILES string of the molecule is CCN(CC=Cc1ccccc1)Cc1noc(C2CC2)n1. The zero-order valence-corrected chi connectivity index (χ0v) is 12.4. The fraction of sp³-hybridized carbons (Fsp3) is 0.412. The molecule has 110 valence electrons. The van der Waals surface area contributed by atoms with E-state index < -0.39 is 0 Å². The molecule has 1 saturated carbocycles. The Morgan fingerprint density at radius 1 is 1.29 bits per heavy atom. The molecule has 0 radical (unpaired) electrons. The Hall–Kier alpha value is -1.94. The van der Waals surface area contributed by atoms with E-state index in [2.05, 4.69) is 58.4 Å². The van der Waals surface area contributed by atoms with Crippen molar-refractivity contribution in [1.29, 1.82) is 0 Å². The number of benzene rings is 1. The van der Waals surface area contributed by atoms with Crippen molar-refractivity contribution in [1.82, 2.24) is 15.0 Å². The zero-order valence-electron chi connectivity index (χ0n) is 12.4. The molecule has 0 atom stereocenters. The smallest absolute Gasteiger partial charge is 0.229 e. The first-order valence-corrected chi connectivity index (χ1v) is 7.61. The lowest BCUT2D eigenvalue weighted by molar-refractivity contribution is 0.294. The van der Waals surface area contributed by atoms with Crippen LogP contribution in [0, 0.1) is 0 Å². The maximum Gasteiger partial charge on any atom is 0.229 e. The van der Waals surface area contributed by atoms with Crippen LogP contribution >= 0.6 is 0 Å². The second kappa shape index (κ2) is 6.68. The highest BCUT2D eigenvalue weighted by atomic mass is 16.5. The molecule has 0 unspecified atom stereocenters. The third kappa shape index (κ3) is 4.02. The van der Waals surface area contributed by atoms with Crippen molar-refractivity contribution >= 4 is 6.08 Å². The first kappa shape index (κ1) is 14.0. The topological polar surface area (TPSA) is 42.2 Å². The van der Waals surface area contributed by atoms with E-state index in [0.29, 0.717) is 5.92 Å². The molecule has 1 heterocycles. The molecule has 3 rings (SSSR count). The van der Waals surface area contributed by atoms with Gasteiger partial charge in [-0.3, -0.25) is 4.90 Å². The van der Waals surface area contributed by atoms with Gasteiger partial charge in [0.15, 0.2) is 5.82 Å². The van der Waals surface area contributed by atoms with E-state index in [1.807, 2.05) is 6.07 Å². The van der Waals surface area contributed by atoms with Crippen molar-refractivity contribution in [2.24, 2.45) is 0 Å². The van der Waals surface area contributed by atoms with Gasteiger partial charge in [-0.25, -0.2) is 0 Å². The third-order valence-corrected chi connectivity index (χ3v) is 3.70. The van der Waals surface area contributed by atoms with Gasteiger partial charge in [-0.15, -0.1) is 0 Å². The minimum atomic E-state index is 0.527. The molecule has 1 aromatic heterocycles. The number of hydrogen-bond acceptors (Lipinski definition) is 4. The van der Waals surface area contributed by atoms with Crippen LogP contribution in [0.25, 0.3) is 6.08 Å². The average Bonchev–Trinajstić information content (AvgIpc) is 3.27. The van der Waals surface area contributed by atoms with Crippen LogP contribution < -0.4 is 0 Å². The highest BCUT2D eigenvalue weighted by Gasteiger charge is 2.29. The van der Waals surface area contributed by atoms with Crippen molar-refractivity contribution in [3.63, 3.8) is 0 Å². The number of nitrogens with zero attached hydrogens (tertiary/aromatic N) is 3. The quantitative estimate of drug-likeness (QED) is 0.780. The summed E-state index contributed by atoms with van der Waals surface area (Å²) in [5, 5.41) is 4.08. The van der Waals surface area contributed by atoms with E-state index in [9.17, 15) is 0 Å². The number of rotatable bonds is 7. The molecule has 1 aliphatic carbocycles. The maximum atomic E-state index is 5.30. The summed E-state index contributed by atoms with van der Waals surface area (Å²) in [6, 6.07) is 10.3. The highest BCUT2D eigenvalue weighted by Crippen LogP contribution is 2.38. The van der Waals surface area contributed by atoms with E-state index in [1.54, 1.807) is 0 Å². The van der Waals surface area contributed by atoms with Gasteiger partial charge >= 0.3 is 0 Å². The summed E-state index contributed by atoms with van der Waals surface area (Å²) in [6.07, 6.45) is 6.72. The molecule has 1 fully saturated rings. The van der Waals surface area contributed by atoms with Crippen molar-refractivity contribution < 1.29 is 4.52 Å². The Kier molecular flexibility index (Phi) is 4.46. The fourth-order valence-corrected chi connectivity index (χ4v) is 2.24.